The van der Waals surface area contributed by atoms with Gasteiger partial charge in [-0.1, -0.05) is 50.1 Å². The zero-order valence-electron chi connectivity index (χ0n) is 21.5. The molecule has 0 aromatic heterocycles. The van der Waals surface area contributed by atoms with Gasteiger partial charge in [-0.05, 0) is 100 Å². The number of thiol groups is 4. The van der Waals surface area contributed by atoms with Crippen molar-refractivity contribution >= 4 is 84.9 Å². The summed E-state index contributed by atoms with van der Waals surface area (Å²) in [6.45, 7) is 4.36. The Hall–Kier alpha value is 1.18. The molecule has 0 atom stereocenters. The molecule has 34 heavy (non-hydrogen) atoms. The molecule has 0 bridgehead atoms. The molecule has 8 heteroatoms. The highest BCUT2D eigenvalue weighted by Crippen LogP contribution is 2.14. The molecule has 0 N–H and O–H groups in total. The first-order valence-corrected chi connectivity index (χ1v) is 16.9. The van der Waals surface area contributed by atoms with Crippen LogP contribution in [0.2, 0.25) is 0 Å². The molecule has 0 saturated carbocycles. The summed E-state index contributed by atoms with van der Waals surface area (Å²) in [4.78, 5) is 7.22. The summed E-state index contributed by atoms with van der Waals surface area (Å²) < 4.78 is 0. The molecular formula is C26H52N2S6. The molecule has 0 radical (unpaired) electrons. The largest absolute Gasteiger partial charge is 0.366 e. The van der Waals surface area contributed by atoms with E-state index in [2.05, 4.69) is 60.3 Å². The Balaban J connectivity index is 4.02. The van der Waals surface area contributed by atoms with E-state index >= 15 is 0 Å². The SMILES string of the molecule is S=C(CCCCCCCCC(=S)N(CCCCS)CCCCS)N(CCCCS)CCCCS. The highest BCUT2D eigenvalue weighted by molar-refractivity contribution is 7.81. The number of rotatable bonds is 25. The fourth-order valence-corrected chi connectivity index (χ4v) is 5.50. The van der Waals surface area contributed by atoms with Crippen LogP contribution in [0.5, 0.6) is 0 Å². The molecule has 0 fully saturated rings. The van der Waals surface area contributed by atoms with E-state index in [0.717, 1.165) is 62.0 Å². The lowest BCUT2D eigenvalue weighted by molar-refractivity contribution is 0.396. The minimum absolute atomic E-state index is 0.964. The van der Waals surface area contributed by atoms with Crippen LogP contribution in [0.3, 0.4) is 0 Å². The van der Waals surface area contributed by atoms with Crippen LogP contribution in [0, 0.1) is 0 Å². The normalized spacial score (nSPS) is 11.1. The number of nitrogens with zero attached hydrogens (tertiary/aromatic N) is 2. The Morgan fingerprint density at radius 1 is 0.382 bits per heavy atom. The summed E-state index contributed by atoms with van der Waals surface area (Å²) in [5, 5.41) is 0. The van der Waals surface area contributed by atoms with E-state index in [1.165, 1.54) is 99.9 Å². The van der Waals surface area contributed by atoms with Crippen molar-refractivity contribution in [3.63, 3.8) is 0 Å². The van der Waals surface area contributed by atoms with Crippen LogP contribution in [0.1, 0.15) is 103 Å². The maximum absolute atomic E-state index is 5.78. The van der Waals surface area contributed by atoms with Gasteiger partial charge in [0, 0.05) is 26.2 Å². The van der Waals surface area contributed by atoms with Gasteiger partial charge in [-0.2, -0.15) is 50.5 Å². The van der Waals surface area contributed by atoms with E-state index in [1.54, 1.807) is 0 Å². The van der Waals surface area contributed by atoms with Crippen molar-refractivity contribution in [1.82, 2.24) is 9.80 Å². The third kappa shape index (κ3) is 21.3. The van der Waals surface area contributed by atoms with Gasteiger partial charge in [0.1, 0.15) is 0 Å². The van der Waals surface area contributed by atoms with Gasteiger partial charge in [0.05, 0.1) is 9.98 Å². The fraction of sp³-hybridized carbons (Fsp3) is 0.923. The fourth-order valence-electron chi connectivity index (χ4n) is 3.96. The lowest BCUT2D eigenvalue weighted by Crippen LogP contribution is -2.31. The Morgan fingerprint density at radius 2 is 0.647 bits per heavy atom. The predicted molar refractivity (Wildman–Crippen MR) is 178 cm³/mol. The lowest BCUT2D eigenvalue weighted by Gasteiger charge is -2.25. The first-order chi connectivity index (χ1) is 16.6. The zero-order chi connectivity index (χ0) is 25.3. The van der Waals surface area contributed by atoms with Gasteiger partial charge in [0.2, 0.25) is 0 Å². The number of unbranched alkanes of at least 4 members (excludes halogenated alkanes) is 9. The molecule has 0 amide bonds. The van der Waals surface area contributed by atoms with Gasteiger partial charge in [-0.3, -0.25) is 0 Å². The molecule has 0 spiro atoms. The average Bonchev–Trinajstić information content (AvgIpc) is 2.83. The smallest absolute Gasteiger partial charge is 0.0779 e. The van der Waals surface area contributed by atoms with Crippen LogP contribution >= 0.6 is 75.0 Å². The number of hydrogen-bond donors (Lipinski definition) is 4. The van der Waals surface area contributed by atoms with Crippen LogP contribution in [-0.4, -0.2) is 69.0 Å². The van der Waals surface area contributed by atoms with Crippen molar-refractivity contribution in [3.05, 3.63) is 0 Å². The predicted octanol–water partition coefficient (Wildman–Crippen LogP) is 8.21. The quantitative estimate of drug-likeness (QED) is 0.0488. The van der Waals surface area contributed by atoms with Gasteiger partial charge in [-0.15, -0.1) is 0 Å². The van der Waals surface area contributed by atoms with Gasteiger partial charge in [-0.25, -0.2) is 0 Å². The van der Waals surface area contributed by atoms with E-state index < -0.39 is 0 Å². The summed E-state index contributed by atoms with van der Waals surface area (Å²) in [7, 11) is 0. The second-order valence-corrected chi connectivity index (χ2v) is 11.8. The van der Waals surface area contributed by atoms with E-state index in [4.69, 9.17) is 24.4 Å². The minimum Gasteiger partial charge on any atom is -0.366 e. The molecule has 202 valence electrons. The zero-order valence-corrected chi connectivity index (χ0v) is 26.7. The number of thiocarbonyl (C=S) groups is 2. The van der Waals surface area contributed by atoms with E-state index in [1.807, 2.05) is 0 Å². The second kappa shape index (κ2) is 27.2. The molecule has 0 rings (SSSR count). The Morgan fingerprint density at radius 3 is 0.912 bits per heavy atom. The van der Waals surface area contributed by atoms with Gasteiger partial charge < -0.3 is 9.80 Å². The van der Waals surface area contributed by atoms with Crippen molar-refractivity contribution < 1.29 is 0 Å². The second-order valence-electron chi connectivity index (χ2n) is 9.11. The van der Waals surface area contributed by atoms with E-state index in [9.17, 15) is 0 Å². The van der Waals surface area contributed by atoms with Crippen LogP contribution in [0.4, 0.5) is 0 Å². The number of hydrogen-bond acceptors (Lipinski definition) is 6. The molecule has 0 unspecified atom stereocenters. The van der Waals surface area contributed by atoms with Crippen molar-refractivity contribution in [3.8, 4) is 0 Å². The molecule has 0 aliphatic heterocycles. The highest BCUT2D eigenvalue weighted by Gasteiger charge is 2.10. The standard InChI is InChI=1S/C26H52N2S6/c29-21-11-7-17-27(18-8-12-22-30)25(33)15-5-3-1-2-4-6-16-26(34)28(19-9-13-23-31)20-10-14-24-32/h29-32H,1-24H2. The summed E-state index contributed by atoms with van der Waals surface area (Å²) in [6.07, 6.45) is 19.2. The lowest BCUT2D eigenvalue weighted by atomic mass is 10.1. The molecule has 0 aromatic rings. The summed E-state index contributed by atoms with van der Waals surface area (Å²) in [6, 6.07) is 0. The molecule has 0 aliphatic rings. The van der Waals surface area contributed by atoms with Crippen molar-refractivity contribution in [2.45, 2.75) is 103 Å². The summed E-state index contributed by atoms with van der Waals surface area (Å²) >= 11 is 28.9. The third-order valence-electron chi connectivity index (χ3n) is 6.08. The Labute approximate surface area is 245 Å². The maximum atomic E-state index is 5.78. The summed E-state index contributed by atoms with van der Waals surface area (Å²) in [5.74, 6) is 3.86. The molecule has 0 saturated heterocycles. The summed E-state index contributed by atoms with van der Waals surface area (Å²) in [5.41, 5.74) is 0. The average molecular weight is 585 g/mol. The van der Waals surface area contributed by atoms with Crippen molar-refractivity contribution in [2.75, 3.05) is 49.2 Å². The molecular weight excluding hydrogens is 533 g/mol. The van der Waals surface area contributed by atoms with Crippen LogP contribution < -0.4 is 0 Å². The van der Waals surface area contributed by atoms with Crippen LogP contribution in [0.25, 0.3) is 0 Å². The van der Waals surface area contributed by atoms with E-state index in [0.29, 0.717) is 0 Å². The monoisotopic (exact) mass is 584 g/mol. The van der Waals surface area contributed by atoms with Crippen LogP contribution in [0.15, 0.2) is 0 Å². The topological polar surface area (TPSA) is 6.48 Å². The van der Waals surface area contributed by atoms with E-state index in [-0.39, 0.29) is 0 Å². The third-order valence-corrected chi connectivity index (χ3v) is 8.27. The van der Waals surface area contributed by atoms with Gasteiger partial charge in [0.25, 0.3) is 0 Å². The Kier molecular flexibility index (Phi) is 28.2. The first-order valence-electron chi connectivity index (χ1n) is 13.6. The maximum Gasteiger partial charge on any atom is 0.0779 e. The van der Waals surface area contributed by atoms with Crippen molar-refractivity contribution in [2.24, 2.45) is 0 Å². The van der Waals surface area contributed by atoms with Gasteiger partial charge in [0.15, 0.2) is 0 Å². The van der Waals surface area contributed by atoms with Crippen LogP contribution in [-0.2, 0) is 0 Å². The molecule has 0 aromatic carbocycles. The highest BCUT2D eigenvalue weighted by atomic mass is 32.1. The Bertz CT molecular complexity index is 416. The minimum atomic E-state index is 0.964. The van der Waals surface area contributed by atoms with Gasteiger partial charge >= 0.3 is 0 Å². The molecule has 2 nitrogen and oxygen atoms in total. The molecule has 0 heterocycles. The first kappa shape index (κ1) is 35.2. The van der Waals surface area contributed by atoms with Crippen molar-refractivity contribution in [1.29, 1.82) is 0 Å². The molecule has 0 aliphatic carbocycles.